The molecule has 0 fully saturated rings. The van der Waals surface area contributed by atoms with Crippen molar-refractivity contribution in [1.29, 1.82) is 0 Å². The number of amides is 1. The summed E-state index contributed by atoms with van der Waals surface area (Å²) < 4.78 is 6.37. The van der Waals surface area contributed by atoms with Gasteiger partial charge >= 0.3 is 6.09 Å². The molecule has 7 heteroatoms. The molecular weight excluding hydrogens is 228 g/mol. The molecule has 2 aromatic heterocycles. The maximum atomic E-state index is 10.4. The van der Waals surface area contributed by atoms with Crippen LogP contribution >= 0.6 is 11.3 Å². The molecule has 0 aromatic carbocycles. The molecule has 1 amide bonds. The summed E-state index contributed by atoms with van der Waals surface area (Å²) in [5.74, 6) is 0. The number of hydrogen-bond donors (Lipinski definition) is 1. The molecule has 16 heavy (non-hydrogen) atoms. The van der Waals surface area contributed by atoms with E-state index in [0.29, 0.717) is 0 Å². The number of nitrogens with zero attached hydrogens (tertiary/aromatic N) is 3. The summed E-state index contributed by atoms with van der Waals surface area (Å²) in [6, 6.07) is 1.87. The van der Waals surface area contributed by atoms with E-state index in [9.17, 15) is 4.79 Å². The number of carbonyl (C=O) groups is 1. The number of aryl methyl sites for hydroxylation is 1. The van der Waals surface area contributed by atoms with Crippen LogP contribution in [-0.4, -0.2) is 20.9 Å². The van der Waals surface area contributed by atoms with Crippen molar-refractivity contribution in [3.8, 4) is 10.7 Å². The number of aromatic nitrogens is 3. The number of thiazole rings is 1. The first-order valence-electron chi connectivity index (χ1n) is 4.52. The van der Waals surface area contributed by atoms with Crippen LogP contribution < -0.4 is 5.73 Å². The van der Waals surface area contributed by atoms with Crippen molar-refractivity contribution in [1.82, 2.24) is 14.8 Å². The molecule has 0 unspecified atom stereocenters. The Morgan fingerprint density at radius 3 is 3.12 bits per heavy atom. The van der Waals surface area contributed by atoms with E-state index in [1.807, 2.05) is 19.3 Å². The standard InChI is InChI=1S/C9H10N4O2S/c1-13-3-2-7(12-13)8-11-4-6(16-8)5-15-9(10)14/h2-4H,5H2,1H3,(H2,10,14). The van der Waals surface area contributed by atoms with E-state index in [4.69, 9.17) is 5.73 Å². The van der Waals surface area contributed by atoms with Crippen molar-refractivity contribution >= 4 is 17.4 Å². The van der Waals surface area contributed by atoms with Gasteiger partial charge < -0.3 is 10.5 Å². The summed E-state index contributed by atoms with van der Waals surface area (Å²) in [4.78, 5) is 15.4. The van der Waals surface area contributed by atoms with Gasteiger partial charge in [-0.05, 0) is 6.07 Å². The zero-order valence-electron chi connectivity index (χ0n) is 8.58. The third-order valence-electron chi connectivity index (χ3n) is 1.84. The van der Waals surface area contributed by atoms with Gasteiger partial charge in [-0.3, -0.25) is 4.68 Å². The minimum atomic E-state index is -0.784. The second-order valence-electron chi connectivity index (χ2n) is 3.11. The molecule has 0 aliphatic carbocycles. The summed E-state index contributed by atoms with van der Waals surface area (Å²) in [5, 5.41) is 5.02. The smallest absolute Gasteiger partial charge is 0.404 e. The number of ether oxygens (including phenoxy) is 1. The summed E-state index contributed by atoms with van der Waals surface area (Å²) in [7, 11) is 1.84. The molecule has 0 saturated carbocycles. The highest BCUT2D eigenvalue weighted by Crippen LogP contribution is 2.23. The molecule has 0 aliphatic rings. The van der Waals surface area contributed by atoms with Gasteiger partial charge in [0.15, 0.2) is 0 Å². The van der Waals surface area contributed by atoms with Crippen molar-refractivity contribution in [2.45, 2.75) is 6.61 Å². The highest BCUT2D eigenvalue weighted by molar-refractivity contribution is 7.14. The fourth-order valence-electron chi connectivity index (χ4n) is 1.16. The lowest BCUT2D eigenvalue weighted by atomic mass is 10.5. The number of nitrogens with two attached hydrogens (primary N) is 1. The second-order valence-corrected chi connectivity index (χ2v) is 4.23. The van der Waals surface area contributed by atoms with Crippen molar-refractivity contribution in [2.75, 3.05) is 0 Å². The Balaban J connectivity index is 2.10. The van der Waals surface area contributed by atoms with Gasteiger partial charge in [0, 0.05) is 19.4 Å². The Morgan fingerprint density at radius 1 is 1.69 bits per heavy atom. The molecule has 84 valence electrons. The predicted octanol–water partition coefficient (Wildman–Crippen LogP) is 1.14. The Bertz CT molecular complexity index is 505. The van der Waals surface area contributed by atoms with Crippen LogP contribution in [0.1, 0.15) is 4.88 Å². The van der Waals surface area contributed by atoms with Gasteiger partial charge in [0.05, 0.1) is 4.88 Å². The van der Waals surface area contributed by atoms with Gasteiger partial charge in [-0.15, -0.1) is 11.3 Å². The maximum Gasteiger partial charge on any atom is 0.404 e. The molecule has 0 radical (unpaired) electrons. The normalized spacial score (nSPS) is 10.3. The first-order chi connectivity index (χ1) is 7.65. The average molecular weight is 238 g/mol. The first kappa shape index (κ1) is 10.6. The lowest BCUT2D eigenvalue weighted by Gasteiger charge is -1.95. The lowest BCUT2D eigenvalue weighted by molar-refractivity contribution is 0.151. The van der Waals surface area contributed by atoms with Gasteiger partial charge in [0.1, 0.15) is 17.3 Å². The number of primary amides is 1. The quantitative estimate of drug-likeness (QED) is 0.869. The molecule has 0 atom stereocenters. The summed E-state index contributed by atoms with van der Waals surface area (Å²) in [5.41, 5.74) is 5.67. The Morgan fingerprint density at radius 2 is 2.50 bits per heavy atom. The zero-order valence-corrected chi connectivity index (χ0v) is 9.40. The topological polar surface area (TPSA) is 83.0 Å². The van der Waals surface area contributed by atoms with Gasteiger partial charge in [0.2, 0.25) is 0 Å². The SMILES string of the molecule is Cn1ccc(-c2ncc(COC(N)=O)s2)n1. The molecule has 0 spiro atoms. The van der Waals surface area contributed by atoms with Crippen LogP contribution in [0.5, 0.6) is 0 Å². The van der Waals surface area contributed by atoms with Crippen LogP contribution in [0, 0.1) is 0 Å². The molecule has 2 aromatic rings. The van der Waals surface area contributed by atoms with Crippen molar-refractivity contribution in [2.24, 2.45) is 12.8 Å². The molecule has 0 saturated heterocycles. The highest BCUT2D eigenvalue weighted by Gasteiger charge is 2.08. The van der Waals surface area contributed by atoms with E-state index < -0.39 is 6.09 Å². The minimum Gasteiger partial charge on any atom is -0.444 e. The molecule has 2 rings (SSSR count). The monoisotopic (exact) mass is 238 g/mol. The zero-order chi connectivity index (χ0) is 11.5. The van der Waals surface area contributed by atoms with E-state index in [2.05, 4.69) is 14.8 Å². The van der Waals surface area contributed by atoms with Crippen LogP contribution in [0.4, 0.5) is 4.79 Å². The highest BCUT2D eigenvalue weighted by atomic mass is 32.1. The van der Waals surface area contributed by atoms with Crippen LogP contribution in [0.2, 0.25) is 0 Å². The van der Waals surface area contributed by atoms with Crippen LogP contribution in [-0.2, 0) is 18.4 Å². The van der Waals surface area contributed by atoms with E-state index in [-0.39, 0.29) is 6.61 Å². The van der Waals surface area contributed by atoms with Crippen molar-refractivity contribution in [3.05, 3.63) is 23.3 Å². The third kappa shape index (κ3) is 2.37. The number of carbonyl (C=O) groups excluding carboxylic acids is 1. The molecule has 2 heterocycles. The van der Waals surface area contributed by atoms with Gasteiger partial charge in [-0.1, -0.05) is 0 Å². The second kappa shape index (κ2) is 4.31. The van der Waals surface area contributed by atoms with Crippen LogP contribution in [0.3, 0.4) is 0 Å². The molecular formula is C9H10N4O2S. The van der Waals surface area contributed by atoms with Gasteiger partial charge in [-0.2, -0.15) is 5.10 Å². The lowest BCUT2D eigenvalue weighted by Crippen LogP contribution is -2.12. The number of rotatable bonds is 3. The van der Waals surface area contributed by atoms with E-state index in [0.717, 1.165) is 15.6 Å². The number of hydrogen-bond acceptors (Lipinski definition) is 5. The third-order valence-corrected chi connectivity index (χ3v) is 2.84. The van der Waals surface area contributed by atoms with E-state index >= 15 is 0 Å². The van der Waals surface area contributed by atoms with Gasteiger partial charge in [0.25, 0.3) is 0 Å². The Hall–Kier alpha value is -1.89. The van der Waals surface area contributed by atoms with Crippen LogP contribution in [0.25, 0.3) is 10.7 Å². The first-order valence-corrected chi connectivity index (χ1v) is 5.34. The Labute approximate surface area is 95.7 Å². The Kier molecular flexibility index (Phi) is 2.86. The fraction of sp³-hybridized carbons (Fsp3) is 0.222. The van der Waals surface area contributed by atoms with Gasteiger partial charge in [-0.25, -0.2) is 9.78 Å². The largest absolute Gasteiger partial charge is 0.444 e. The summed E-state index contributed by atoms with van der Waals surface area (Å²) in [6.07, 6.45) is 2.71. The fourth-order valence-corrected chi connectivity index (χ4v) is 1.95. The molecule has 6 nitrogen and oxygen atoms in total. The van der Waals surface area contributed by atoms with Crippen LogP contribution in [0.15, 0.2) is 18.5 Å². The molecule has 0 bridgehead atoms. The summed E-state index contributed by atoms with van der Waals surface area (Å²) in [6.45, 7) is 0.153. The van der Waals surface area contributed by atoms with E-state index in [1.54, 1.807) is 10.9 Å². The molecule has 0 aliphatic heterocycles. The summed E-state index contributed by atoms with van der Waals surface area (Å²) >= 11 is 1.42. The average Bonchev–Trinajstić information content (AvgIpc) is 2.83. The van der Waals surface area contributed by atoms with Crippen molar-refractivity contribution in [3.63, 3.8) is 0 Å². The minimum absolute atomic E-state index is 0.153. The predicted molar refractivity (Wildman–Crippen MR) is 58.7 cm³/mol. The molecule has 2 N–H and O–H groups in total. The van der Waals surface area contributed by atoms with Crippen molar-refractivity contribution < 1.29 is 9.53 Å². The maximum absolute atomic E-state index is 10.4. The van der Waals surface area contributed by atoms with E-state index in [1.165, 1.54) is 11.3 Å².